The maximum Gasteiger partial charge on any atom is 0.0200 e. The summed E-state index contributed by atoms with van der Waals surface area (Å²) in [4.78, 5) is 2.49. The molecular weight excluding hydrogens is 134 g/mol. The lowest BCUT2D eigenvalue weighted by molar-refractivity contribution is 0.229. The summed E-state index contributed by atoms with van der Waals surface area (Å²) in [6.07, 6.45) is 4.98. The van der Waals surface area contributed by atoms with Gasteiger partial charge in [-0.15, -0.1) is 0 Å². The molecule has 0 spiro atoms. The fraction of sp³-hybridized carbons (Fsp3) is 0.800. The molecular formula is C10H19N. The highest BCUT2D eigenvalue weighted by atomic mass is 15.1. The molecule has 0 aliphatic carbocycles. The summed E-state index contributed by atoms with van der Waals surface area (Å²) in [6.45, 7) is 9.19. The third kappa shape index (κ3) is 2.25. The van der Waals surface area contributed by atoms with Gasteiger partial charge in [-0.3, -0.25) is 0 Å². The lowest BCUT2D eigenvalue weighted by Gasteiger charge is -2.33. The van der Waals surface area contributed by atoms with Gasteiger partial charge in [0.1, 0.15) is 0 Å². The van der Waals surface area contributed by atoms with Crippen molar-refractivity contribution in [1.29, 1.82) is 0 Å². The molecule has 1 saturated heterocycles. The smallest absolute Gasteiger partial charge is 0.0200 e. The minimum atomic E-state index is 0.888. The van der Waals surface area contributed by atoms with Crippen LogP contribution in [0, 0.1) is 5.92 Å². The summed E-state index contributed by atoms with van der Waals surface area (Å²) in [5.41, 5.74) is 1.44. The number of nitrogens with zero attached hydrogens (tertiary/aromatic N) is 1. The quantitative estimate of drug-likeness (QED) is 0.560. The fourth-order valence-electron chi connectivity index (χ4n) is 1.69. The second-order valence-electron chi connectivity index (χ2n) is 3.62. The first-order valence-corrected chi connectivity index (χ1v) is 4.62. The second-order valence-corrected chi connectivity index (χ2v) is 3.62. The van der Waals surface area contributed by atoms with E-state index in [4.69, 9.17) is 0 Å². The summed E-state index contributed by atoms with van der Waals surface area (Å²) in [7, 11) is 0. The van der Waals surface area contributed by atoms with E-state index in [9.17, 15) is 0 Å². The normalized spacial score (nSPS) is 27.4. The maximum atomic E-state index is 2.49. The highest BCUT2D eigenvalue weighted by molar-refractivity contribution is 4.96. The Kier molecular flexibility index (Phi) is 2.98. The van der Waals surface area contributed by atoms with Gasteiger partial charge < -0.3 is 4.90 Å². The van der Waals surface area contributed by atoms with Crippen LogP contribution in [0.1, 0.15) is 33.6 Å². The van der Waals surface area contributed by atoms with Crippen LogP contribution in [-0.4, -0.2) is 18.0 Å². The Morgan fingerprint density at radius 1 is 1.55 bits per heavy atom. The maximum absolute atomic E-state index is 2.49. The molecule has 0 aromatic heterocycles. The standard InChI is InChI=1S/C10H19N/c1-4-10(3)11-7-5-6-9(2)8-11/h4,9H,5-8H2,1-3H3. The molecule has 1 heterocycles. The van der Waals surface area contributed by atoms with Crippen LogP contribution in [0.15, 0.2) is 11.8 Å². The highest BCUT2D eigenvalue weighted by Crippen LogP contribution is 2.18. The molecule has 0 amide bonds. The van der Waals surface area contributed by atoms with Crippen LogP contribution in [0.3, 0.4) is 0 Å². The van der Waals surface area contributed by atoms with Gasteiger partial charge in [0, 0.05) is 18.8 Å². The Bertz CT molecular complexity index is 149. The summed E-state index contributed by atoms with van der Waals surface area (Å²) in [5.74, 6) is 0.888. The average Bonchev–Trinajstić information content (AvgIpc) is 2.03. The van der Waals surface area contributed by atoms with Crippen LogP contribution >= 0.6 is 0 Å². The molecule has 11 heavy (non-hydrogen) atoms. The van der Waals surface area contributed by atoms with E-state index < -0.39 is 0 Å². The number of hydrogen-bond donors (Lipinski definition) is 0. The van der Waals surface area contributed by atoms with Gasteiger partial charge in [0.05, 0.1) is 0 Å². The third-order valence-electron chi connectivity index (χ3n) is 2.57. The first kappa shape index (κ1) is 8.63. The molecule has 0 saturated carbocycles. The first-order valence-electron chi connectivity index (χ1n) is 4.62. The van der Waals surface area contributed by atoms with Gasteiger partial charge in [0.2, 0.25) is 0 Å². The molecule has 1 aliphatic rings. The minimum Gasteiger partial charge on any atom is -0.375 e. The van der Waals surface area contributed by atoms with Gasteiger partial charge in [-0.05, 0) is 32.6 Å². The third-order valence-corrected chi connectivity index (χ3v) is 2.57. The van der Waals surface area contributed by atoms with Crippen LogP contribution in [0.2, 0.25) is 0 Å². The molecule has 0 aromatic rings. The zero-order valence-corrected chi connectivity index (χ0v) is 7.93. The van der Waals surface area contributed by atoms with Crippen molar-refractivity contribution in [1.82, 2.24) is 4.90 Å². The van der Waals surface area contributed by atoms with E-state index in [1.165, 1.54) is 31.6 Å². The number of piperidine rings is 1. The predicted octanol–water partition coefficient (Wildman–Crippen LogP) is 2.64. The van der Waals surface area contributed by atoms with E-state index >= 15 is 0 Å². The molecule has 1 atom stereocenters. The zero-order chi connectivity index (χ0) is 8.27. The van der Waals surface area contributed by atoms with Crippen LogP contribution in [0.25, 0.3) is 0 Å². The van der Waals surface area contributed by atoms with Gasteiger partial charge >= 0.3 is 0 Å². The predicted molar refractivity (Wildman–Crippen MR) is 49.4 cm³/mol. The average molecular weight is 153 g/mol. The van der Waals surface area contributed by atoms with E-state index in [1.54, 1.807) is 0 Å². The molecule has 0 bridgehead atoms. The summed E-state index contributed by atoms with van der Waals surface area (Å²) < 4.78 is 0. The van der Waals surface area contributed by atoms with Crippen molar-refractivity contribution in [3.8, 4) is 0 Å². The lowest BCUT2D eigenvalue weighted by atomic mass is 10.00. The molecule has 1 fully saturated rings. The number of hydrogen-bond acceptors (Lipinski definition) is 1. The molecule has 1 heteroatoms. The largest absolute Gasteiger partial charge is 0.375 e. The number of allylic oxidation sites excluding steroid dienone is 2. The first-order chi connectivity index (χ1) is 5.24. The van der Waals surface area contributed by atoms with Crippen molar-refractivity contribution < 1.29 is 0 Å². The van der Waals surface area contributed by atoms with Gasteiger partial charge in [-0.1, -0.05) is 13.0 Å². The molecule has 1 nitrogen and oxygen atoms in total. The number of rotatable bonds is 1. The Balaban J connectivity index is 2.46. The van der Waals surface area contributed by atoms with Gasteiger partial charge in [0.25, 0.3) is 0 Å². The van der Waals surface area contributed by atoms with Crippen molar-refractivity contribution in [3.63, 3.8) is 0 Å². The number of likely N-dealkylation sites (tertiary alicyclic amines) is 1. The molecule has 1 rings (SSSR count). The van der Waals surface area contributed by atoms with Crippen molar-refractivity contribution in [2.24, 2.45) is 5.92 Å². The minimum absolute atomic E-state index is 0.888. The van der Waals surface area contributed by atoms with Crippen LogP contribution in [-0.2, 0) is 0 Å². The van der Waals surface area contributed by atoms with Gasteiger partial charge in [-0.2, -0.15) is 0 Å². The molecule has 1 aliphatic heterocycles. The summed E-state index contributed by atoms with van der Waals surface area (Å²) >= 11 is 0. The van der Waals surface area contributed by atoms with E-state index in [-0.39, 0.29) is 0 Å². The lowest BCUT2D eigenvalue weighted by Crippen LogP contribution is -2.32. The molecule has 64 valence electrons. The van der Waals surface area contributed by atoms with Crippen LogP contribution in [0.5, 0.6) is 0 Å². The Labute approximate surface area is 70.1 Å². The van der Waals surface area contributed by atoms with Crippen molar-refractivity contribution in [2.45, 2.75) is 33.6 Å². The van der Waals surface area contributed by atoms with E-state index in [0.717, 1.165) is 5.92 Å². The van der Waals surface area contributed by atoms with Crippen molar-refractivity contribution in [3.05, 3.63) is 11.8 Å². The fourth-order valence-corrected chi connectivity index (χ4v) is 1.69. The Morgan fingerprint density at radius 2 is 2.27 bits per heavy atom. The molecule has 0 N–H and O–H groups in total. The summed E-state index contributed by atoms with van der Waals surface area (Å²) in [6, 6.07) is 0. The van der Waals surface area contributed by atoms with Crippen LogP contribution in [0.4, 0.5) is 0 Å². The van der Waals surface area contributed by atoms with Crippen molar-refractivity contribution in [2.75, 3.05) is 13.1 Å². The Morgan fingerprint density at radius 3 is 2.82 bits per heavy atom. The highest BCUT2D eigenvalue weighted by Gasteiger charge is 2.15. The summed E-state index contributed by atoms with van der Waals surface area (Å²) in [5, 5.41) is 0. The van der Waals surface area contributed by atoms with E-state index in [2.05, 4.69) is 31.7 Å². The SMILES string of the molecule is CC=C(C)N1CCCC(C)C1. The molecule has 0 radical (unpaired) electrons. The van der Waals surface area contributed by atoms with E-state index in [1.807, 2.05) is 0 Å². The van der Waals surface area contributed by atoms with Gasteiger partial charge in [0.15, 0.2) is 0 Å². The van der Waals surface area contributed by atoms with E-state index in [0.29, 0.717) is 0 Å². The molecule has 1 unspecified atom stereocenters. The molecule has 0 aromatic carbocycles. The zero-order valence-electron chi connectivity index (χ0n) is 7.93. The van der Waals surface area contributed by atoms with Crippen molar-refractivity contribution >= 4 is 0 Å². The monoisotopic (exact) mass is 153 g/mol. The second kappa shape index (κ2) is 3.80. The van der Waals surface area contributed by atoms with Crippen LogP contribution < -0.4 is 0 Å². The van der Waals surface area contributed by atoms with Gasteiger partial charge in [-0.25, -0.2) is 0 Å². The Hall–Kier alpha value is -0.460. The topological polar surface area (TPSA) is 3.24 Å².